The van der Waals surface area contributed by atoms with Gasteiger partial charge in [-0.05, 0) is 31.5 Å². The number of para-hydroxylation sites is 1. The molecule has 1 heterocycles. The number of nitrogens with zero attached hydrogens (tertiary/aromatic N) is 2. The topological polar surface area (TPSA) is 79.3 Å². The highest BCUT2D eigenvalue weighted by Crippen LogP contribution is 2.23. The minimum atomic E-state index is -0.500. The van der Waals surface area contributed by atoms with E-state index in [4.69, 9.17) is 12.2 Å². The third kappa shape index (κ3) is 4.64. The van der Waals surface area contributed by atoms with Gasteiger partial charge >= 0.3 is 0 Å². The van der Waals surface area contributed by atoms with Crippen molar-refractivity contribution < 1.29 is 14.6 Å². The van der Waals surface area contributed by atoms with E-state index in [2.05, 4.69) is 5.32 Å². The van der Waals surface area contributed by atoms with E-state index in [1.165, 1.54) is 18.2 Å². The number of thiocarbonyl (C=S) groups is 1. The predicted octanol–water partition coefficient (Wildman–Crippen LogP) is 4.82. The summed E-state index contributed by atoms with van der Waals surface area (Å²) in [6, 6.07) is 17.3. The Hall–Kier alpha value is -3.58. The van der Waals surface area contributed by atoms with Crippen molar-refractivity contribution in [3.8, 4) is 0 Å². The van der Waals surface area contributed by atoms with Gasteiger partial charge in [-0.25, -0.2) is 0 Å². The number of pyridine rings is 1. The normalized spacial score (nSPS) is 11.5. The molecule has 0 aliphatic heterocycles. The van der Waals surface area contributed by atoms with Crippen molar-refractivity contribution in [1.29, 1.82) is 0 Å². The number of hydrogen-bond acceptors (Lipinski definition) is 4. The molecule has 2 N–H and O–H groups in total. The molecule has 6 nitrogen and oxygen atoms in total. The molecule has 0 spiro atoms. The lowest BCUT2D eigenvalue weighted by molar-refractivity contribution is -0.576. The summed E-state index contributed by atoms with van der Waals surface area (Å²) in [6.07, 6.45) is 3.59. The largest absolute Gasteiger partial charge is 0.502 e. The van der Waals surface area contributed by atoms with Gasteiger partial charge in [0.2, 0.25) is 0 Å². The molecule has 0 aliphatic rings. The van der Waals surface area contributed by atoms with Crippen molar-refractivity contribution in [2.24, 2.45) is 0 Å². The van der Waals surface area contributed by atoms with Gasteiger partial charge in [0.05, 0.1) is 4.92 Å². The lowest BCUT2D eigenvalue weighted by Crippen LogP contribution is -2.38. The third-order valence-corrected chi connectivity index (χ3v) is 4.67. The van der Waals surface area contributed by atoms with Crippen LogP contribution in [0.2, 0.25) is 0 Å². The molecule has 0 bridgehead atoms. The van der Waals surface area contributed by atoms with Gasteiger partial charge in [0, 0.05) is 35.0 Å². The molecule has 146 valence electrons. The number of aromatic nitrogens is 1. The van der Waals surface area contributed by atoms with Gasteiger partial charge in [-0.2, -0.15) is 4.57 Å². The van der Waals surface area contributed by atoms with Gasteiger partial charge in [0.1, 0.15) is 0 Å². The van der Waals surface area contributed by atoms with E-state index >= 15 is 0 Å². The summed E-state index contributed by atoms with van der Waals surface area (Å²) < 4.78 is 1.71. The minimum Gasteiger partial charge on any atom is -0.502 e. The van der Waals surface area contributed by atoms with Crippen LogP contribution in [0.3, 0.4) is 0 Å². The number of aliphatic hydroxyl groups is 1. The van der Waals surface area contributed by atoms with E-state index in [1.54, 1.807) is 16.8 Å². The Labute approximate surface area is 173 Å². The number of rotatable bonds is 5. The molecule has 0 saturated heterocycles. The van der Waals surface area contributed by atoms with Crippen molar-refractivity contribution in [3.63, 3.8) is 0 Å². The van der Waals surface area contributed by atoms with E-state index in [1.807, 2.05) is 56.4 Å². The van der Waals surface area contributed by atoms with E-state index in [-0.39, 0.29) is 11.4 Å². The summed E-state index contributed by atoms with van der Waals surface area (Å²) in [5.74, 6) is -0.157. The van der Waals surface area contributed by atoms with Crippen molar-refractivity contribution in [2.75, 3.05) is 5.32 Å². The van der Waals surface area contributed by atoms with Gasteiger partial charge in [-0.1, -0.05) is 42.5 Å². The zero-order chi connectivity index (χ0) is 21.0. The third-order valence-electron chi connectivity index (χ3n) is 4.37. The Morgan fingerprint density at radius 1 is 1.10 bits per heavy atom. The Balaban J connectivity index is 2.13. The van der Waals surface area contributed by atoms with Crippen LogP contribution in [0.15, 0.2) is 73.1 Å². The zero-order valence-electron chi connectivity index (χ0n) is 16.0. The van der Waals surface area contributed by atoms with Crippen molar-refractivity contribution >= 4 is 40.0 Å². The molecular formula is C22H20N3O3S+. The first-order chi connectivity index (χ1) is 13.9. The van der Waals surface area contributed by atoms with Crippen LogP contribution in [0.25, 0.3) is 11.5 Å². The molecule has 0 radical (unpaired) electrons. The molecule has 0 atom stereocenters. The first-order valence-electron chi connectivity index (χ1n) is 8.90. The fourth-order valence-corrected chi connectivity index (χ4v) is 3.19. The summed E-state index contributed by atoms with van der Waals surface area (Å²) in [4.78, 5) is 10.9. The molecule has 0 aliphatic carbocycles. The summed E-state index contributed by atoms with van der Waals surface area (Å²) in [7, 11) is 0. The van der Waals surface area contributed by atoms with Crippen molar-refractivity contribution in [3.05, 3.63) is 99.9 Å². The summed E-state index contributed by atoms with van der Waals surface area (Å²) in [6.45, 7) is 3.88. The Morgan fingerprint density at radius 3 is 2.55 bits per heavy atom. The molecule has 0 unspecified atom stereocenters. The van der Waals surface area contributed by atoms with Gasteiger partial charge in [0.25, 0.3) is 11.4 Å². The Morgan fingerprint density at radius 2 is 1.86 bits per heavy atom. The van der Waals surface area contributed by atoms with Crippen LogP contribution < -0.4 is 9.88 Å². The summed E-state index contributed by atoms with van der Waals surface area (Å²) >= 11 is 5.62. The van der Waals surface area contributed by atoms with Gasteiger partial charge in [-0.3, -0.25) is 10.1 Å². The molecule has 1 aromatic heterocycles. The fourth-order valence-electron chi connectivity index (χ4n) is 2.88. The lowest BCUT2D eigenvalue weighted by Gasteiger charge is -2.12. The fraction of sp³-hybridized carbons (Fsp3) is 0.0909. The van der Waals surface area contributed by atoms with Crippen LogP contribution in [0.4, 0.5) is 11.4 Å². The highest BCUT2D eigenvalue weighted by Gasteiger charge is 2.25. The monoisotopic (exact) mass is 406 g/mol. The maximum atomic E-state index is 11.1. The second-order valence-corrected chi connectivity index (χ2v) is 6.97. The van der Waals surface area contributed by atoms with E-state index in [0.717, 1.165) is 16.8 Å². The first-order valence-corrected chi connectivity index (χ1v) is 9.31. The van der Waals surface area contributed by atoms with Gasteiger partial charge < -0.3 is 10.4 Å². The number of nitro benzene ring substituents is 1. The van der Waals surface area contributed by atoms with Crippen molar-refractivity contribution in [1.82, 2.24) is 0 Å². The maximum absolute atomic E-state index is 11.1. The highest BCUT2D eigenvalue weighted by molar-refractivity contribution is 7.81. The molecule has 2 aromatic carbocycles. The van der Waals surface area contributed by atoms with Crippen LogP contribution in [0.1, 0.15) is 16.7 Å². The average molecular weight is 406 g/mol. The predicted molar refractivity (Wildman–Crippen MR) is 118 cm³/mol. The van der Waals surface area contributed by atoms with Gasteiger partial charge in [0.15, 0.2) is 23.1 Å². The molecule has 0 amide bonds. The van der Waals surface area contributed by atoms with Crippen LogP contribution in [-0.2, 0) is 0 Å². The highest BCUT2D eigenvalue weighted by atomic mass is 32.1. The minimum absolute atomic E-state index is 0.111. The smallest absolute Gasteiger partial charge is 0.288 e. The average Bonchev–Trinajstić information content (AvgIpc) is 2.70. The number of nitrogens with one attached hydrogen (secondary N) is 1. The van der Waals surface area contributed by atoms with Crippen molar-refractivity contribution in [2.45, 2.75) is 13.8 Å². The quantitative estimate of drug-likeness (QED) is 0.159. The number of hydrogen-bond donors (Lipinski definition) is 2. The first kappa shape index (κ1) is 20.2. The number of anilines is 1. The van der Waals surface area contributed by atoms with E-state index < -0.39 is 4.92 Å². The molecule has 0 fully saturated rings. The van der Waals surface area contributed by atoms with E-state index in [9.17, 15) is 15.2 Å². The molecule has 29 heavy (non-hydrogen) atoms. The number of non-ortho nitro benzene ring substituents is 1. The van der Waals surface area contributed by atoms with Crippen LogP contribution in [0.5, 0.6) is 0 Å². The molecule has 0 saturated carbocycles. The molecular weight excluding hydrogens is 386 g/mol. The van der Waals surface area contributed by atoms with Crippen LogP contribution in [-0.4, -0.2) is 15.0 Å². The zero-order valence-corrected chi connectivity index (χ0v) is 16.8. The number of aliphatic hydroxyl groups excluding tert-OH is 1. The standard InChI is InChI=1S/C22H19N3O3S/c1-15-7-6-12-24(14-15)20(22(29)23-19-11-4-3-8-16(19)2)21(26)17-9-5-10-18(13-17)25(27)28/h3-14H,1-2H3,(H-,23,26,29)/p+1. The second kappa shape index (κ2) is 8.62. The van der Waals surface area contributed by atoms with Crippen LogP contribution >= 0.6 is 12.2 Å². The van der Waals surface area contributed by atoms with Crippen LogP contribution in [0, 0.1) is 24.0 Å². The number of benzene rings is 2. The molecule has 3 aromatic rings. The number of nitro groups is 1. The van der Waals surface area contributed by atoms with E-state index in [0.29, 0.717) is 16.2 Å². The maximum Gasteiger partial charge on any atom is 0.288 e. The lowest BCUT2D eigenvalue weighted by atomic mass is 10.1. The molecule has 7 heteroatoms. The Kier molecular flexibility index (Phi) is 5.99. The molecule has 3 rings (SSSR count). The summed E-state index contributed by atoms with van der Waals surface area (Å²) in [5.41, 5.74) is 3.30. The second-order valence-electron chi connectivity index (χ2n) is 6.56. The number of aryl methyl sites for hydroxylation is 2. The Bertz CT molecular complexity index is 1130. The van der Waals surface area contributed by atoms with Gasteiger partial charge in [-0.15, -0.1) is 0 Å². The SMILES string of the molecule is Cc1ccc[n+](/C(C(=S)Nc2ccccc2C)=C(\O)c2cccc([N+](=O)[O-])c2)c1. The summed E-state index contributed by atoms with van der Waals surface area (Å²) in [5, 5.41) is 25.4.